The first-order chi connectivity index (χ1) is 14.0. The van der Waals surface area contributed by atoms with Crippen LogP contribution in [-0.2, 0) is 0 Å². The second-order valence-corrected chi connectivity index (χ2v) is 6.14. The van der Waals surface area contributed by atoms with Gasteiger partial charge < -0.3 is 14.6 Å². The predicted octanol–water partition coefficient (Wildman–Crippen LogP) is 4.51. The molecular formula is C24H24O5. The molecule has 0 heterocycles. The Labute approximate surface area is 170 Å². The summed E-state index contributed by atoms with van der Waals surface area (Å²) in [5.74, 6) is 0.483. The largest absolute Gasteiger partial charge is 0.493 e. The van der Waals surface area contributed by atoms with Crippen LogP contribution in [-0.4, -0.2) is 30.9 Å². The van der Waals surface area contributed by atoms with Gasteiger partial charge in [-0.3, -0.25) is 9.59 Å². The summed E-state index contributed by atoms with van der Waals surface area (Å²) < 4.78 is 10.4. The van der Waals surface area contributed by atoms with Gasteiger partial charge in [-0.25, -0.2) is 0 Å². The van der Waals surface area contributed by atoms with Gasteiger partial charge in [0.2, 0.25) is 0 Å². The number of rotatable bonds is 6. The maximum Gasteiger partial charge on any atom is 0.199 e. The number of carbonyl (C=O) groups excluding carboxylic acids is 2. The van der Waals surface area contributed by atoms with Crippen molar-refractivity contribution in [2.75, 3.05) is 14.2 Å². The van der Waals surface area contributed by atoms with Gasteiger partial charge >= 0.3 is 0 Å². The Hall–Kier alpha value is -3.44. The summed E-state index contributed by atoms with van der Waals surface area (Å²) in [4.78, 5) is 23.1. The number of hydrogen-bond donors (Lipinski definition) is 1. The lowest BCUT2D eigenvalue weighted by Crippen LogP contribution is -2.13. The highest BCUT2D eigenvalue weighted by Crippen LogP contribution is 2.33. The van der Waals surface area contributed by atoms with Crippen molar-refractivity contribution < 1.29 is 24.2 Å². The quantitative estimate of drug-likeness (QED) is 0.625. The Bertz CT molecular complexity index is 936. The summed E-state index contributed by atoms with van der Waals surface area (Å²) in [6.07, 6.45) is -1.22. The highest BCUT2D eigenvalue weighted by Gasteiger charge is 2.24. The summed E-state index contributed by atoms with van der Waals surface area (Å²) in [7, 11) is 2.96. The van der Waals surface area contributed by atoms with E-state index in [1.165, 1.54) is 14.2 Å². The summed E-state index contributed by atoms with van der Waals surface area (Å²) in [6, 6.07) is 23.0. The molecule has 3 aromatic rings. The third-order valence-corrected chi connectivity index (χ3v) is 4.21. The molecule has 1 atom stereocenters. The van der Waals surface area contributed by atoms with Crippen LogP contribution in [0.4, 0.5) is 0 Å². The van der Waals surface area contributed by atoms with Crippen molar-refractivity contribution in [3.8, 4) is 11.5 Å². The lowest BCUT2D eigenvalue weighted by molar-refractivity contribution is 0.0743. The normalized spacial score (nSPS) is 10.9. The SMILES string of the molecule is CC(=O)c1ccccc1.COc1cccc(C(=O)C(O)c2ccccc2)c1OC. The highest BCUT2D eigenvalue weighted by molar-refractivity contribution is 6.02. The van der Waals surface area contributed by atoms with Gasteiger partial charge in [-0.1, -0.05) is 66.7 Å². The van der Waals surface area contributed by atoms with E-state index in [1.54, 1.807) is 49.4 Å². The Balaban J connectivity index is 0.000000278. The maximum absolute atomic E-state index is 12.4. The summed E-state index contributed by atoms with van der Waals surface area (Å²) >= 11 is 0. The van der Waals surface area contributed by atoms with Crippen LogP contribution in [0.25, 0.3) is 0 Å². The molecule has 0 aromatic heterocycles. The van der Waals surface area contributed by atoms with Crippen LogP contribution in [0.3, 0.4) is 0 Å². The van der Waals surface area contributed by atoms with Gasteiger partial charge in [0.15, 0.2) is 23.1 Å². The van der Waals surface area contributed by atoms with Gasteiger partial charge in [0.05, 0.1) is 19.8 Å². The zero-order valence-electron chi connectivity index (χ0n) is 16.7. The summed E-state index contributed by atoms with van der Waals surface area (Å²) in [5.41, 5.74) is 1.61. The Morgan fingerprint density at radius 3 is 1.86 bits per heavy atom. The van der Waals surface area contributed by atoms with Gasteiger partial charge in [0.1, 0.15) is 6.10 Å². The molecule has 5 nitrogen and oxygen atoms in total. The molecule has 0 saturated carbocycles. The van der Waals surface area contributed by atoms with E-state index in [2.05, 4.69) is 0 Å². The van der Waals surface area contributed by atoms with Crippen LogP contribution in [0.2, 0.25) is 0 Å². The Kier molecular flexibility index (Phi) is 8.12. The number of ether oxygens (including phenoxy) is 2. The van der Waals surface area contributed by atoms with E-state index in [1.807, 2.05) is 36.4 Å². The molecular weight excluding hydrogens is 368 g/mol. The molecule has 1 unspecified atom stereocenters. The third kappa shape index (κ3) is 5.77. The number of para-hydroxylation sites is 1. The predicted molar refractivity (Wildman–Crippen MR) is 112 cm³/mol. The van der Waals surface area contributed by atoms with Gasteiger partial charge in [-0.2, -0.15) is 0 Å². The van der Waals surface area contributed by atoms with Gasteiger partial charge in [-0.15, -0.1) is 0 Å². The fourth-order valence-corrected chi connectivity index (χ4v) is 2.69. The molecule has 29 heavy (non-hydrogen) atoms. The molecule has 0 aliphatic rings. The number of carbonyl (C=O) groups is 2. The zero-order chi connectivity index (χ0) is 21.2. The number of Topliss-reactive ketones (excluding diaryl/α,β-unsaturated/α-hetero) is 2. The number of ketones is 2. The van der Waals surface area contributed by atoms with E-state index in [0.29, 0.717) is 22.6 Å². The smallest absolute Gasteiger partial charge is 0.199 e. The molecule has 3 rings (SSSR count). The van der Waals surface area contributed by atoms with E-state index in [0.717, 1.165) is 5.56 Å². The van der Waals surface area contributed by atoms with Crippen molar-refractivity contribution in [1.82, 2.24) is 0 Å². The third-order valence-electron chi connectivity index (χ3n) is 4.21. The van der Waals surface area contributed by atoms with E-state index in [-0.39, 0.29) is 5.78 Å². The Morgan fingerprint density at radius 2 is 1.38 bits per heavy atom. The van der Waals surface area contributed by atoms with Crippen molar-refractivity contribution >= 4 is 11.6 Å². The van der Waals surface area contributed by atoms with E-state index in [4.69, 9.17) is 9.47 Å². The average molecular weight is 392 g/mol. The minimum absolute atomic E-state index is 0.121. The number of aliphatic hydroxyl groups is 1. The van der Waals surface area contributed by atoms with Gasteiger partial charge in [0.25, 0.3) is 0 Å². The zero-order valence-corrected chi connectivity index (χ0v) is 16.7. The van der Waals surface area contributed by atoms with Gasteiger partial charge in [0, 0.05) is 5.56 Å². The van der Waals surface area contributed by atoms with Crippen molar-refractivity contribution in [2.24, 2.45) is 0 Å². The molecule has 1 N–H and O–H groups in total. The topological polar surface area (TPSA) is 72.8 Å². The van der Waals surface area contributed by atoms with Crippen molar-refractivity contribution in [2.45, 2.75) is 13.0 Å². The lowest BCUT2D eigenvalue weighted by Gasteiger charge is -2.14. The molecule has 3 aromatic carbocycles. The van der Waals surface area contributed by atoms with Crippen molar-refractivity contribution in [3.05, 3.63) is 95.6 Å². The van der Waals surface area contributed by atoms with Crippen LogP contribution in [0.5, 0.6) is 11.5 Å². The first-order valence-electron chi connectivity index (χ1n) is 9.03. The van der Waals surface area contributed by atoms with E-state index in [9.17, 15) is 14.7 Å². The minimum atomic E-state index is -1.22. The fraction of sp³-hybridized carbons (Fsp3) is 0.167. The lowest BCUT2D eigenvalue weighted by atomic mass is 9.99. The van der Waals surface area contributed by atoms with Crippen molar-refractivity contribution in [1.29, 1.82) is 0 Å². The Morgan fingerprint density at radius 1 is 0.793 bits per heavy atom. The molecule has 0 saturated heterocycles. The van der Waals surface area contributed by atoms with Gasteiger partial charge in [-0.05, 0) is 24.6 Å². The molecule has 0 aliphatic carbocycles. The monoisotopic (exact) mass is 392 g/mol. The first kappa shape index (κ1) is 21.9. The van der Waals surface area contributed by atoms with Crippen LogP contribution in [0.15, 0.2) is 78.9 Å². The molecule has 0 aliphatic heterocycles. The molecule has 5 heteroatoms. The molecule has 0 fully saturated rings. The number of benzene rings is 3. The summed E-state index contributed by atoms with van der Waals surface area (Å²) in [5, 5.41) is 10.2. The number of aliphatic hydroxyl groups excluding tert-OH is 1. The van der Waals surface area contributed by atoms with Crippen LogP contribution in [0, 0.1) is 0 Å². The molecule has 150 valence electrons. The second-order valence-electron chi connectivity index (χ2n) is 6.14. The first-order valence-corrected chi connectivity index (χ1v) is 9.03. The number of hydrogen-bond acceptors (Lipinski definition) is 5. The van der Waals surface area contributed by atoms with Crippen LogP contribution in [0.1, 0.15) is 39.3 Å². The summed E-state index contributed by atoms with van der Waals surface area (Å²) in [6.45, 7) is 1.56. The van der Waals surface area contributed by atoms with Crippen molar-refractivity contribution in [3.63, 3.8) is 0 Å². The molecule has 0 bridgehead atoms. The number of methoxy groups -OCH3 is 2. The van der Waals surface area contributed by atoms with Crippen LogP contribution >= 0.6 is 0 Å². The maximum atomic E-state index is 12.4. The molecule has 0 amide bonds. The van der Waals surface area contributed by atoms with E-state index < -0.39 is 11.9 Å². The second kappa shape index (κ2) is 10.8. The minimum Gasteiger partial charge on any atom is -0.493 e. The molecule has 0 radical (unpaired) electrons. The standard InChI is InChI=1S/C16H16O4.C8H8O/c1-19-13-10-6-9-12(16(13)20-2)15(18)14(17)11-7-4-3-5-8-11;1-7(9)8-5-3-2-4-6-8/h3-10,14,17H,1-2H3;2-6H,1H3. The van der Waals surface area contributed by atoms with E-state index >= 15 is 0 Å². The van der Waals surface area contributed by atoms with Crippen LogP contribution < -0.4 is 9.47 Å². The average Bonchev–Trinajstić information content (AvgIpc) is 2.79. The fourth-order valence-electron chi connectivity index (χ4n) is 2.69. The molecule has 0 spiro atoms. The highest BCUT2D eigenvalue weighted by atomic mass is 16.5.